The summed E-state index contributed by atoms with van der Waals surface area (Å²) in [5.74, 6) is -0.206. The molecule has 0 unspecified atom stereocenters. The summed E-state index contributed by atoms with van der Waals surface area (Å²) < 4.78 is 5.61. The Labute approximate surface area is 174 Å². The van der Waals surface area contributed by atoms with Gasteiger partial charge in [0.15, 0.2) is 6.29 Å². The molecule has 3 aromatic rings. The van der Waals surface area contributed by atoms with E-state index in [-0.39, 0.29) is 29.6 Å². The molecule has 6 nitrogen and oxygen atoms in total. The van der Waals surface area contributed by atoms with Crippen molar-refractivity contribution in [2.45, 2.75) is 19.1 Å². The lowest BCUT2D eigenvalue weighted by atomic mass is 10.1. The van der Waals surface area contributed by atoms with Crippen molar-refractivity contribution in [2.75, 3.05) is 0 Å². The maximum atomic E-state index is 12.4. The molecule has 30 heavy (non-hydrogen) atoms. The van der Waals surface area contributed by atoms with E-state index in [0.717, 1.165) is 17.4 Å². The fourth-order valence-corrected chi connectivity index (χ4v) is 2.94. The number of amides is 1. The van der Waals surface area contributed by atoms with Gasteiger partial charge in [0.2, 0.25) is 0 Å². The number of carbonyl (C=O) groups is 3. The number of hydrogen-bond donors (Lipinski definition) is 2. The smallest absolute Gasteiger partial charge is 0.251 e. The van der Waals surface area contributed by atoms with Crippen LogP contribution in [0, 0.1) is 0 Å². The van der Waals surface area contributed by atoms with Crippen LogP contribution in [0.5, 0.6) is 11.5 Å². The van der Waals surface area contributed by atoms with Gasteiger partial charge in [-0.25, -0.2) is 0 Å². The summed E-state index contributed by atoms with van der Waals surface area (Å²) in [5, 5.41) is 12.4. The van der Waals surface area contributed by atoms with Crippen LogP contribution in [0.15, 0.2) is 72.8 Å². The van der Waals surface area contributed by atoms with Crippen LogP contribution in [0.1, 0.15) is 31.8 Å². The van der Waals surface area contributed by atoms with Crippen molar-refractivity contribution < 1.29 is 24.2 Å². The number of ether oxygens (including phenoxy) is 1. The molecule has 0 saturated carbocycles. The van der Waals surface area contributed by atoms with Gasteiger partial charge < -0.3 is 20.0 Å². The molecule has 3 rings (SSSR count). The highest BCUT2D eigenvalue weighted by atomic mass is 16.5. The average molecular weight is 403 g/mol. The van der Waals surface area contributed by atoms with E-state index in [4.69, 9.17) is 4.74 Å². The first-order valence-electron chi connectivity index (χ1n) is 9.39. The maximum Gasteiger partial charge on any atom is 0.251 e. The Hall–Kier alpha value is -3.93. The minimum Gasteiger partial charge on any atom is -0.507 e. The topological polar surface area (TPSA) is 92.7 Å². The van der Waals surface area contributed by atoms with Gasteiger partial charge in [-0.3, -0.25) is 9.59 Å². The van der Waals surface area contributed by atoms with E-state index >= 15 is 0 Å². The second kappa shape index (κ2) is 10.0. The molecule has 6 heteroatoms. The molecule has 3 aromatic carbocycles. The van der Waals surface area contributed by atoms with Crippen LogP contribution in [-0.4, -0.2) is 29.6 Å². The first-order valence-corrected chi connectivity index (χ1v) is 9.39. The summed E-state index contributed by atoms with van der Waals surface area (Å²) in [5.41, 5.74) is 2.25. The number of carbonyl (C=O) groups excluding carboxylic acids is 3. The molecular weight excluding hydrogens is 382 g/mol. The van der Waals surface area contributed by atoms with E-state index in [2.05, 4.69) is 5.32 Å². The largest absolute Gasteiger partial charge is 0.507 e. The summed E-state index contributed by atoms with van der Waals surface area (Å²) in [6.45, 7) is 0.164. The molecule has 0 spiro atoms. The molecule has 0 fully saturated rings. The van der Waals surface area contributed by atoms with E-state index in [0.29, 0.717) is 18.3 Å². The third-order valence-electron chi connectivity index (χ3n) is 4.55. The van der Waals surface area contributed by atoms with Crippen molar-refractivity contribution in [3.05, 3.63) is 95.1 Å². The van der Waals surface area contributed by atoms with Crippen molar-refractivity contribution in [1.29, 1.82) is 0 Å². The predicted octanol–water partition coefficient (Wildman–Crippen LogP) is 3.32. The summed E-state index contributed by atoms with van der Waals surface area (Å²) in [6, 6.07) is 20.2. The Bertz CT molecular complexity index is 1020. The fourth-order valence-electron chi connectivity index (χ4n) is 2.94. The average Bonchev–Trinajstić information content (AvgIpc) is 2.78. The molecule has 1 atom stereocenters. The van der Waals surface area contributed by atoms with Crippen LogP contribution >= 0.6 is 0 Å². The van der Waals surface area contributed by atoms with Gasteiger partial charge in [0.05, 0.1) is 11.6 Å². The Morgan fingerprint density at radius 1 is 0.933 bits per heavy atom. The minimum absolute atomic E-state index is 0.0896. The predicted molar refractivity (Wildman–Crippen MR) is 112 cm³/mol. The molecule has 0 aliphatic heterocycles. The molecule has 0 bridgehead atoms. The highest BCUT2D eigenvalue weighted by molar-refractivity contribution is 5.95. The summed E-state index contributed by atoms with van der Waals surface area (Å²) in [6.07, 6.45) is 1.69. The second-order valence-electron chi connectivity index (χ2n) is 6.70. The van der Waals surface area contributed by atoms with Gasteiger partial charge in [0.25, 0.3) is 5.91 Å². The van der Waals surface area contributed by atoms with Gasteiger partial charge in [-0.1, -0.05) is 48.5 Å². The van der Waals surface area contributed by atoms with Crippen molar-refractivity contribution in [3.63, 3.8) is 0 Å². The number of hydrogen-bond acceptors (Lipinski definition) is 5. The van der Waals surface area contributed by atoms with Gasteiger partial charge in [-0.2, -0.15) is 0 Å². The quantitative estimate of drug-likeness (QED) is 0.535. The Kier molecular flexibility index (Phi) is 6.95. The highest BCUT2D eigenvalue weighted by Crippen LogP contribution is 2.26. The molecule has 0 heterocycles. The zero-order valence-corrected chi connectivity index (χ0v) is 16.2. The SMILES string of the molecule is O=Cc1c(O)cccc1OCc1ccc(C(=O)N[C@H](C=O)Cc2ccccc2)cc1. The second-order valence-corrected chi connectivity index (χ2v) is 6.70. The molecule has 152 valence electrons. The number of phenolic OH excluding ortho intramolecular Hbond substituents is 1. The van der Waals surface area contributed by atoms with Crippen LogP contribution in [0.25, 0.3) is 0 Å². The van der Waals surface area contributed by atoms with Crippen molar-refractivity contribution >= 4 is 18.5 Å². The summed E-state index contributed by atoms with van der Waals surface area (Å²) >= 11 is 0. The normalized spacial score (nSPS) is 11.3. The number of nitrogens with one attached hydrogen (secondary N) is 1. The Morgan fingerprint density at radius 3 is 2.33 bits per heavy atom. The molecule has 0 aliphatic rings. The lowest BCUT2D eigenvalue weighted by Gasteiger charge is -2.13. The lowest BCUT2D eigenvalue weighted by molar-refractivity contribution is -0.109. The maximum absolute atomic E-state index is 12.4. The van der Waals surface area contributed by atoms with Crippen LogP contribution in [0.3, 0.4) is 0 Å². The van der Waals surface area contributed by atoms with Crippen molar-refractivity contribution in [3.8, 4) is 11.5 Å². The zero-order valence-electron chi connectivity index (χ0n) is 16.2. The summed E-state index contributed by atoms with van der Waals surface area (Å²) in [7, 11) is 0. The Balaban J connectivity index is 1.59. The van der Waals surface area contributed by atoms with Gasteiger partial charge in [0.1, 0.15) is 24.4 Å². The number of aromatic hydroxyl groups is 1. The first-order chi connectivity index (χ1) is 14.6. The zero-order chi connectivity index (χ0) is 21.3. The van der Waals surface area contributed by atoms with Crippen molar-refractivity contribution in [1.82, 2.24) is 5.32 Å². The number of rotatable bonds is 9. The molecule has 0 radical (unpaired) electrons. The molecule has 0 aliphatic carbocycles. The van der Waals surface area contributed by atoms with E-state index in [1.807, 2.05) is 30.3 Å². The monoisotopic (exact) mass is 403 g/mol. The first kappa shape index (κ1) is 20.8. The van der Waals surface area contributed by atoms with Crippen molar-refractivity contribution in [2.24, 2.45) is 0 Å². The Morgan fingerprint density at radius 2 is 1.67 bits per heavy atom. The molecule has 1 amide bonds. The van der Waals surface area contributed by atoms with Crippen LogP contribution in [0.4, 0.5) is 0 Å². The van der Waals surface area contributed by atoms with E-state index < -0.39 is 6.04 Å². The van der Waals surface area contributed by atoms with E-state index in [1.165, 1.54) is 6.07 Å². The van der Waals surface area contributed by atoms with Crippen LogP contribution < -0.4 is 10.1 Å². The number of phenols is 1. The van der Waals surface area contributed by atoms with Crippen LogP contribution in [0.2, 0.25) is 0 Å². The number of benzene rings is 3. The van der Waals surface area contributed by atoms with Gasteiger partial charge in [-0.05, 0) is 41.8 Å². The van der Waals surface area contributed by atoms with Gasteiger partial charge in [-0.15, -0.1) is 0 Å². The fraction of sp³-hybridized carbons (Fsp3) is 0.125. The lowest BCUT2D eigenvalue weighted by Crippen LogP contribution is -2.37. The number of aldehydes is 2. The van der Waals surface area contributed by atoms with Gasteiger partial charge >= 0.3 is 0 Å². The minimum atomic E-state index is -0.615. The van der Waals surface area contributed by atoms with E-state index in [1.54, 1.807) is 36.4 Å². The van der Waals surface area contributed by atoms with Gasteiger partial charge in [0, 0.05) is 5.56 Å². The molecule has 0 aromatic heterocycles. The third kappa shape index (κ3) is 5.32. The molecule has 2 N–H and O–H groups in total. The highest BCUT2D eigenvalue weighted by Gasteiger charge is 2.14. The molecule has 0 saturated heterocycles. The van der Waals surface area contributed by atoms with Crippen LogP contribution in [-0.2, 0) is 17.8 Å². The summed E-state index contributed by atoms with van der Waals surface area (Å²) in [4.78, 5) is 34.9. The standard InChI is InChI=1S/C24H21NO5/c26-14-20(13-17-5-2-1-3-6-17)25-24(29)19-11-9-18(10-12-19)16-30-23-8-4-7-22(28)21(23)15-27/h1-12,14-15,20,28H,13,16H2,(H,25,29)/t20-/m0/s1. The third-order valence-corrected chi connectivity index (χ3v) is 4.55. The molecular formula is C24H21NO5. The van der Waals surface area contributed by atoms with E-state index in [9.17, 15) is 19.5 Å².